The number of hydrogen-bond donors (Lipinski definition) is 1. The highest BCUT2D eigenvalue weighted by Crippen LogP contribution is 2.27. The molecule has 1 N–H and O–H groups in total. The Hall–Kier alpha value is -2.87. The van der Waals surface area contributed by atoms with E-state index in [9.17, 15) is 13.2 Å². The van der Waals surface area contributed by atoms with E-state index in [1.54, 1.807) is 30.5 Å². The molecular weight excluding hydrogens is 390 g/mol. The second-order valence-electron chi connectivity index (χ2n) is 6.86. The molecule has 2 aromatic heterocycles. The lowest BCUT2D eigenvalue weighted by molar-refractivity contribution is 0.0924. The van der Waals surface area contributed by atoms with Gasteiger partial charge in [-0.1, -0.05) is 24.3 Å². The summed E-state index contributed by atoms with van der Waals surface area (Å²) >= 11 is 0. The largest absolute Gasteiger partial charge is 0.451 e. The van der Waals surface area contributed by atoms with Gasteiger partial charge in [0.15, 0.2) is 15.6 Å². The molecule has 0 bridgehead atoms. The molecule has 8 heteroatoms. The Morgan fingerprint density at radius 1 is 1.14 bits per heavy atom. The molecule has 0 aliphatic rings. The van der Waals surface area contributed by atoms with Crippen LogP contribution in [0, 0.1) is 0 Å². The zero-order valence-electron chi connectivity index (χ0n) is 16.8. The maximum absolute atomic E-state index is 12.7. The quantitative estimate of drug-likeness (QED) is 0.608. The lowest BCUT2D eigenvalue weighted by atomic mass is 10.1. The predicted molar refractivity (Wildman–Crippen MR) is 114 cm³/mol. The third kappa shape index (κ3) is 4.95. The van der Waals surface area contributed by atoms with E-state index in [1.165, 1.54) is 0 Å². The number of benzene rings is 1. The number of furan rings is 1. The molecule has 0 saturated heterocycles. The number of nitrogens with zero attached hydrogens (tertiary/aromatic N) is 2. The SMILES string of the molecule is CCN(CC)c1ccc(CNC(=O)c2oc3ccccc3c2CS(C)(=O)=O)cn1. The molecule has 29 heavy (non-hydrogen) atoms. The Kier molecular flexibility index (Phi) is 6.22. The van der Waals surface area contributed by atoms with Gasteiger partial charge in [-0.2, -0.15) is 0 Å². The van der Waals surface area contributed by atoms with Gasteiger partial charge >= 0.3 is 0 Å². The summed E-state index contributed by atoms with van der Waals surface area (Å²) in [6.45, 7) is 6.14. The Morgan fingerprint density at radius 3 is 2.48 bits per heavy atom. The first-order chi connectivity index (χ1) is 13.8. The number of rotatable bonds is 8. The standard InChI is InChI=1S/C21H25N3O4S/c1-4-24(5-2)19-11-10-15(12-22-19)13-23-21(25)20-17(14-29(3,26)27)16-8-6-7-9-18(16)28-20/h6-12H,4-5,13-14H2,1-3H3,(H,23,25). The molecule has 0 atom stereocenters. The fourth-order valence-corrected chi connectivity index (χ4v) is 4.02. The maximum Gasteiger partial charge on any atom is 0.287 e. The average Bonchev–Trinajstić information content (AvgIpc) is 3.05. The molecule has 0 saturated carbocycles. The summed E-state index contributed by atoms with van der Waals surface area (Å²) in [5.41, 5.74) is 1.71. The molecule has 0 radical (unpaired) electrons. The number of sulfone groups is 1. The van der Waals surface area contributed by atoms with Crippen molar-refractivity contribution in [2.24, 2.45) is 0 Å². The third-order valence-electron chi connectivity index (χ3n) is 4.66. The van der Waals surface area contributed by atoms with Gasteiger partial charge in [0, 0.05) is 43.0 Å². The Morgan fingerprint density at radius 2 is 1.86 bits per heavy atom. The van der Waals surface area contributed by atoms with E-state index in [4.69, 9.17) is 4.42 Å². The summed E-state index contributed by atoms with van der Waals surface area (Å²) in [5, 5.41) is 3.43. The van der Waals surface area contributed by atoms with Crippen LogP contribution in [0.1, 0.15) is 35.5 Å². The molecule has 0 spiro atoms. The molecule has 1 aromatic carbocycles. The van der Waals surface area contributed by atoms with E-state index >= 15 is 0 Å². The minimum Gasteiger partial charge on any atom is -0.451 e. The van der Waals surface area contributed by atoms with E-state index in [0.29, 0.717) is 16.5 Å². The van der Waals surface area contributed by atoms with Crippen molar-refractivity contribution in [1.82, 2.24) is 10.3 Å². The summed E-state index contributed by atoms with van der Waals surface area (Å²) < 4.78 is 29.4. The minimum absolute atomic E-state index is 0.0318. The number of aromatic nitrogens is 1. The van der Waals surface area contributed by atoms with Gasteiger partial charge in [0.1, 0.15) is 11.4 Å². The van der Waals surface area contributed by atoms with Gasteiger partial charge in [-0.3, -0.25) is 4.79 Å². The van der Waals surface area contributed by atoms with Crippen molar-refractivity contribution >= 4 is 32.5 Å². The molecule has 7 nitrogen and oxygen atoms in total. The van der Waals surface area contributed by atoms with Gasteiger partial charge in [0.05, 0.1) is 5.75 Å². The smallest absolute Gasteiger partial charge is 0.287 e. The monoisotopic (exact) mass is 415 g/mol. The number of nitrogens with one attached hydrogen (secondary N) is 1. The zero-order chi connectivity index (χ0) is 21.0. The van der Waals surface area contributed by atoms with Crippen molar-refractivity contribution in [3.8, 4) is 0 Å². The summed E-state index contributed by atoms with van der Waals surface area (Å²) in [7, 11) is -3.33. The highest BCUT2D eigenvalue weighted by atomic mass is 32.2. The van der Waals surface area contributed by atoms with Crippen molar-refractivity contribution in [1.29, 1.82) is 0 Å². The maximum atomic E-state index is 12.7. The number of pyridine rings is 1. The number of anilines is 1. The van der Waals surface area contributed by atoms with Crippen LogP contribution in [0.15, 0.2) is 47.0 Å². The lowest BCUT2D eigenvalue weighted by Crippen LogP contribution is -2.25. The summed E-state index contributed by atoms with van der Waals surface area (Å²) in [6.07, 6.45) is 2.86. The highest BCUT2D eigenvalue weighted by Gasteiger charge is 2.23. The molecule has 3 rings (SSSR count). The van der Waals surface area contributed by atoms with Crippen LogP contribution >= 0.6 is 0 Å². The number of carbonyl (C=O) groups excluding carboxylic acids is 1. The number of fused-ring (bicyclic) bond motifs is 1. The first kappa shape index (κ1) is 20.9. The van der Waals surface area contributed by atoms with Gasteiger partial charge in [-0.15, -0.1) is 0 Å². The molecular formula is C21H25N3O4S. The minimum atomic E-state index is -3.33. The Bertz CT molecular complexity index is 1100. The Labute approximate surface area is 170 Å². The molecule has 0 aliphatic carbocycles. The van der Waals surface area contributed by atoms with Gasteiger partial charge in [-0.05, 0) is 31.5 Å². The average molecular weight is 416 g/mol. The van der Waals surface area contributed by atoms with Crippen LogP contribution < -0.4 is 10.2 Å². The van der Waals surface area contributed by atoms with Crippen molar-refractivity contribution in [2.45, 2.75) is 26.1 Å². The predicted octanol–water partition coefficient (Wildman–Crippen LogP) is 3.15. The van der Waals surface area contributed by atoms with Gasteiger partial charge in [0.2, 0.25) is 0 Å². The van der Waals surface area contributed by atoms with Crippen molar-refractivity contribution in [3.63, 3.8) is 0 Å². The van der Waals surface area contributed by atoms with Crippen LogP contribution in [-0.4, -0.2) is 38.7 Å². The molecule has 0 aliphatic heterocycles. The van der Waals surface area contributed by atoms with E-state index in [2.05, 4.69) is 29.0 Å². The fourth-order valence-electron chi connectivity index (χ4n) is 3.21. The van der Waals surface area contributed by atoms with Crippen molar-refractivity contribution in [2.75, 3.05) is 24.2 Å². The topological polar surface area (TPSA) is 92.5 Å². The van der Waals surface area contributed by atoms with E-state index < -0.39 is 15.7 Å². The number of para-hydroxylation sites is 1. The molecule has 1 amide bonds. The fraction of sp³-hybridized carbons (Fsp3) is 0.333. The normalized spacial score (nSPS) is 11.6. The second kappa shape index (κ2) is 8.65. The van der Waals surface area contributed by atoms with Crippen molar-refractivity contribution in [3.05, 3.63) is 59.5 Å². The van der Waals surface area contributed by atoms with Crippen LogP contribution in [0.25, 0.3) is 11.0 Å². The van der Waals surface area contributed by atoms with Gasteiger partial charge in [0.25, 0.3) is 5.91 Å². The zero-order valence-corrected chi connectivity index (χ0v) is 17.6. The van der Waals surface area contributed by atoms with Gasteiger partial charge in [-0.25, -0.2) is 13.4 Å². The van der Waals surface area contributed by atoms with Crippen LogP contribution in [0.4, 0.5) is 5.82 Å². The number of hydrogen-bond acceptors (Lipinski definition) is 6. The van der Waals surface area contributed by atoms with Crippen LogP contribution in [0.5, 0.6) is 0 Å². The van der Waals surface area contributed by atoms with E-state index in [-0.39, 0.29) is 18.1 Å². The highest BCUT2D eigenvalue weighted by molar-refractivity contribution is 7.89. The first-order valence-electron chi connectivity index (χ1n) is 9.48. The summed E-state index contributed by atoms with van der Waals surface area (Å²) in [5.74, 6) is 0.210. The second-order valence-corrected chi connectivity index (χ2v) is 9.00. The third-order valence-corrected chi connectivity index (χ3v) is 5.47. The van der Waals surface area contributed by atoms with E-state index in [1.807, 2.05) is 12.1 Å². The molecule has 154 valence electrons. The molecule has 0 fully saturated rings. The van der Waals surface area contributed by atoms with Crippen LogP contribution in [0.3, 0.4) is 0 Å². The van der Waals surface area contributed by atoms with E-state index in [0.717, 1.165) is 30.7 Å². The summed E-state index contributed by atoms with van der Waals surface area (Å²) in [4.78, 5) is 19.3. The lowest BCUT2D eigenvalue weighted by Gasteiger charge is -2.19. The van der Waals surface area contributed by atoms with Crippen molar-refractivity contribution < 1.29 is 17.6 Å². The first-order valence-corrected chi connectivity index (χ1v) is 11.5. The van der Waals surface area contributed by atoms with Gasteiger partial charge < -0.3 is 14.6 Å². The molecule has 3 aromatic rings. The number of amides is 1. The number of carbonyl (C=O) groups is 1. The molecule has 2 heterocycles. The van der Waals surface area contributed by atoms with Crippen LogP contribution in [0.2, 0.25) is 0 Å². The Balaban J connectivity index is 1.79. The summed E-state index contributed by atoms with van der Waals surface area (Å²) in [6, 6.07) is 10.9. The van der Waals surface area contributed by atoms with Crippen LogP contribution in [-0.2, 0) is 22.1 Å². The molecule has 0 unspecified atom stereocenters.